The average molecular weight is 1220 g/mol. The Kier molecular flexibility index (Phi) is 25.4. The Bertz CT molecular complexity index is 3650. The Morgan fingerprint density at radius 2 is 0.663 bits per heavy atom. The van der Waals surface area contributed by atoms with Gasteiger partial charge in [-0.15, -0.1) is 0 Å². The molecule has 0 aromatic heterocycles. The molecule has 0 radical (unpaired) electrons. The molecule has 0 unspecified atom stereocenters. The number of carbonyl (C=O) groups excluding carboxylic acids is 5. The van der Waals surface area contributed by atoms with E-state index < -0.39 is 27.1 Å². The lowest BCUT2D eigenvalue weighted by atomic mass is 9.90. The molecule has 8 rings (SSSR count). The third-order valence-electron chi connectivity index (χ3n) is 16.1. The molecule has 15 nitrogen and oxygen atoms in total. The standard InChI is InChI=1S/3C16H18O3.C14H20O3.C12H16O3/c1-4-16(2,3)15(18)19-14-10-6-7-11-12(14)8-5-9-13(11)17;1-4-16(2,3)15(18)19-14-7-5-6-11-10-12(17)8-9-13(11)14;1-4-16(2,3)15(18)19-14-10-9-13(17)11-7-5-6-8-12(11)14;1-6-14(4,5)13(16)17-11-7-9(2)12(15)10(3)8-11;1-4-12(2,3)11(14)15-10-7-5-9(13)6-8-10/h3*5-10,17H,4H2,1-3H3;7-8,15H,6H2,1-5H3;5-8,13H,4H2,1-3H3. The molecule has 0 aliphatic carbocycles. The lowest BCUT2D eigenvalue weighted by Gasteiger charge is -2.20. The summed E-state index contributed by atoms with van der Waals surface area (Å²) < 4.78 is 27.0. The van der Waals surface area contributed by atoms with Crippen molar-refractivity contribution in [3.05, 3.63) is 157 Å². The van der Waals surface area contributed by atoms with E-state index in [9.17, 15) is 44.4 Å². The number of phenolic OH excluding ortho intramolecular Hbond substituents is 5. The van der Waals surface area contributed by atoms with E-state index in [2.05, 4.69) is 0 Å². The molecule has 0 fully saturated rings. The number of aryl methyl sites for hydroxylation is 2. The fourth-order valence-corrected chi connectivity index (χ4v) is 7.44. The Morgan fingerprint density at radius 3 is 1.11 bits per heavy atom. The van der Waals surface area contributed by atoms with Gasteiger partial charge in [0.15, 0.2) is 0 Å². The smallest absolute Gasteiger partial charge is 0.316 e. The Morgan fingerprint density at radius 1 is 0.326 bits per heavy atom. The predicted molar refractivity (Wildman–Crippen MR) is 351 cm³/mol. The molecule has 89 heavy (non-hydrogen) atoms. The van der Waals surface area contributed by atoms with Gasteiger partial charge in [-0.25, -0.2) is 0 Å². The molecule has 0 spiro atoms. The quantitative estimate of drug-likeness (QED) is 0.0474. The number of hydrogen-bond donors (Lipinski definition) is 5. The molecule has 0 heterocycles. The van der Waals surface area contributed by atoms with Gasteiger partial charge < -0.3 is 49.2 Å². The second-order valence-corrected chi connectivity index (χ2v) is 25.0. The number of aromatic hydroxyl groups is 5. The first-order chi connectivity index (χ1) is 41.6. The number of benzene rings is 8. The normalized spacial score (nSPS) is 11.4. The minimum absolute atomic E-state index is 0.157. The van der Waals surface area contributed by atoms with Crippen molar-refractivity contribution in [1.29, 1.82) is 0 Å². The topological polar surface area (TPSA) is 233 Å². The van der Waals surface area contributed by atoms with Gasteiger partial charge in [0.25, 0.3) is 0 Å². The van der Waals surface area contributed by atoms with Crippen molar-refractivity contribution in [1.82, 2.24) is 0 Å². The molecule has 0 aliphatic heterocycles. The zero-order valence-corrected chi connectivity index (χ0v) is 54.7. The third kappa shape index (κ3) is 20.0. The second kappa shape index (κ2) is 31.2. The SMILES string of the molecule is CCC(C)(C)C(=O)Oc1cc(C)c(O)c(C)c1.CCC(C)(C)C(=O)Oc1ccc(O)c2ccccc12.CCC(C)(C)C(=O)Oc1ccc(O)cc1.CCC(C)(C)C(=O)Oc1cccc2c(O)cccc12.CCC(C)(C)C(=O)Oc1cccc2cc(O)ccc12. The van der Waals surface area contributed by atoms with Crippen molar-refractivity contribution in [3.8, 4) is 57.5 Å². The van der Waals surface area contributed by atoms with Crippen molar-refractivity contribution >= 4 is 62.2 Å². The van der Waals surface area contributed by atoms with Gasteiger partial charge in [-0.1, -0.05) is 95.3 Å². The molecule has 476 valence electrons. The third-order valence-corrected chi connectivity index (χ3v) is 16.1. The van der Waals surface area contributed by atoms with E-state index in [0.717, 1.165) is 40.8 Å². The summed E-state index contributed by atoms with van der Waals surface area (Å²) in [7, 11) is 0. The highest BCUT2D eigenvalue weighted by molar-refractivity contribution is 5.96. The first-order valence-corrected chi connectivity index (χ1v) is 29.9. The lowest BCUT2D eigenvalue weighted by Crippen LogP contribution is -2.28. The maximum absolute atomic E-state index is 12.1. The zero-order chi connectivity index (χ0) is 66.8. The van der Waals surface area contributed by atoms with Gasteiger partial charge >= 0.3 is 29.8 Å². The molecule has 8 aromatic rings. The molecular formula is C74H90O15. The second-order valence-electron chi connectivity index (χ2n) is 25.0. The van der Waals surface area contributed by atoms with Gasteiger partial charge in [-0.05, 0) is 217 Å². The molecule has 5 N–H and O–H groups in total. The van der Waals surface area contributed by atoms with Gasteiger partial charge in [0.2, 0.25) is 0 Å². The van der Waals surface area contributed by atoms with Crippen LogP contribution in [0.25, 0.3) is 32.3 Å². The summed E-state index contributed by atoms with van der Waals surface area (Å²) in [6.07, 6.45) is 3.59. The van der Waals surface area contributed by atoms with E-state index >= 15 is 0 Å². The van der Waals surface area contributed by atoms with Crippen molar-refractivity contribution in [2.75, 3.05) is 0 Å². The van der Waals surface area contributed by atoms with Gasteiger partial charge in [0, 0.05) is 26.9 Å². The fourth-order valence-electron chi connectivity index (χ4n) is 7.44. The number of ether oxygens (including phenoxy) is 5. The van der Waals surface area contributed by atoms with Crippen LogP contribution in [0.1, 0.15) is 147 Å². The van der Waals surface area contributed by atoms with Crippen LogP contribution >= 0.6 is 0 Å². The van der Waals surface area contributed by atoms with Gasteiger partial charge in [0.1, 0.15) is 57.5 Å². The molecule has 0 bridgehead atoms. The summed E-state index contributed by atoms with van der Waals surface area (Å²) in [6, 6.07) is 40.9. The van der Waals surface area contributed by atoms with Crippen LogP contribution in [-0.2, 0) is 24.0 Å². The minimum atomic E-state index is -0.515. The summed E-state index contributed by atoms with van der Waals surface area (Å²) in [6.45, 7) is 31.9. The van der Waals surface area contributed by atoms with E-state index in [4.69, 9.17) is 28.8 Å². The van der Waals surface area contributed by atoms with E-state index in [1.54, 1.807) is 111 Å². The molecule has 0 amide bonds. The van der Waals surface area contributed by atoms with E-state index in [0.29, 0.717) is 63.5 Å². The van der Waals surface area contributed by atoms with Crippen LogP contribution in [0.3, 0.4) is 0 Å². The van der Waals surface area contributed by atoms with Crippen LogP contribution in [0, 0.1) is 40.9 Å². The Balaban J connectivity index is 0.000000238. The molecule has 0 saturated carbocycles. The van der Waals surface area contributed by atoms with Crippen LogP contribution in [0.15, 0.2) is 146 Å². The first kappa shape index (κ1) is 72.4. The highest BCUT2D eigenvalue weighted by Gasteiger charge is 2.32. The van der Waals surface area contributed by atoms with Crippen molar-refractivity contribution in [2.24, 2.45) is 27.1 Å². The van der Waals surface area contributed by atoms with Crippen molar-refractivity contribution in [3.63, 3.8) is 0 Å². The average Bonchev–Trinajstić information content (AvgIpc) is 2.21. The predicted octanol–water partition coefficient (Wildman–Crippen LogP) is 17.7. The van der Waals surface area contributed by atoms with E-state index in [1.807, 2.05) is 140 Å². The zero-order valence-electron chi connectivity index (χ0n) is 54.7. The number of carbonyl (C=O) groups is 5. The maximum atomic E-state index is 12.1. The maximum Gasteiger partial charge on any atom is 0.316 e. The molecule has 8 aromatic carbocycles. The number of hydrogen-bond acceptors (Lipinski definition) is 15. The lowest BCUT2D eigenvalue weighted by molar-refractivity contribution is -0.144. The highest BCUT2D eigenvalue weighted by atomic mass is 16.6. The van der Waals surface area contributed by atoms with Gasteiger partial charge in [-0.3, -0.25) is 24.0 Å². The van der Waals surface area contributed by atoms with Crippen LogP contribution in [0.2, 0.25) is 0 Å². The summed E-state index contributed by atoms with van der Waals surface area (Å²) in [5, 5.41) is 52.2. The summed E-state index contributed by atoms with van der Waals surface area (Å²) in [4.78, 5) is 59.9. The Labute approximate surface area is 524 Å². The molecule has 0 saturated heterocycles. The van der Waals surface area contributed by atoms with Crippen molar-refractivity contribution < 1.29 is 73.2 Å². The van der Waals surface area contributed by atoms with E-state index in [1.165, 1.54) is 12.1 Å². The van der Waals surface area contributed by atoms with E-state index in [-0.39, 0.29) is 58.6 Å². The molecule has 0 aliphatic rings. The van der Waals surface area contributed by atoms with Crippen LogP contribution in [-0.4, -0.2) is 55.4 Å². The molecule has 15 heteroatoms. The first-order valence-electron chi connectivity index (χ1n) is 29.9. The van der Waals surface area contributed by atoms with Gasteiger partial charge in [-0.2, -0.15) is 0 Å². The van der Waals surface area contributed by atoms with Crippen molar-refractivity contribution in [2.45, 2.75) is 150 Å². The number of fused-ring (bicyclic) bond motifs is 3. The molecular weight excluding hydrogens is 1130 g/mol. The van der Waals surface area contributed by atoms with Crippen LogP contribution in [0.5, 0.6) is 57.5 Å². The monoisotopic (exact) mass is 1220 g/mol. The minimum Gasteiger partial charge on any atom is -0.508 e. The Hall–Kier alpha value is -9.11. The highest BCUT2D eigenvalue weighted by Crippen LogP contribution is 2.37. The largest absolute Gasteiger partial charge is 0.508 e. The van der Waals surface area contributed by atoms with Gasteiger partial charge in [0.05, 0.1) is 27.1 Å². The summed E-state index contributed by atoms with van der Waals surface area (Å²) >= 11 is 0. The molecule has 0 atom stereocenters. The summed E-state index contributed by atoms with van der Waals surface area (Å²) in [5.41, 5.74) is -1.07. The number of rotatable bonds is 15. The number of esters is 5. The van der Waals surface area contributed by atoms with Crippen LogP contribution in [0.4, 0.5) is 0 Å². The fraction of sp³-hybridized carbons (Fsp3) is 0.365. The number of phenols is 5. The summed E-state index contributed by atoms with van der Waals surface area (Å²) in [5.74, 6) is 2.17. The van der Waals surface area contributed by atoms with Crippen LogP contribution < -0.4 is 23.7 Å².